The fourth-order valence-corrected chi connectivity index (χ4v) is 8.93. The van der Waals surface area contributed by atoms with E-state index >= 15 is 0 Å². The van der Waals surface area contributed by atoms with Crippen molar-refractivity contribution in [1.82, 2.24) is 5.06 Å². The van der Waals surface area contributed by atoms with Crippen LogP contribution in [0.5, 0.6) is 5.75 Å². The Labute approximate surface area is 339 Å². The molecule has 2 amide bonds. The molecule has 304 valence electrons. The number of nitrogens with zero attached hydrogens (tertiary/aromatic N) is 3. The van der Waals surface area contributed by atoms with E-state index in [0.29, 0.717) is 55.5 Å². The van der Waals surface area contributed by atoms with Crippen LogP contribution in [0.1, 0.15) is 95.4 Å². The molecule has 3 aromatic carbocycles. The summed E-state index contributed by atoms with van der Waals surface area (Å²) in [5.74, 6) is -0.274. The molecule has 1 fully saturated rings. The number of hydrogen-bond acceptors (Lipinski definition) is 9. The summed E-state index contributed by atoms with van der Waals surface area (Å²) in [6, 6.07) is 18.9. The van der Waals surface area contributed by atoms with Crippen LogP contribution < -0.4 is 9.64 Å². The molecular formula is C45H50N3O9S+. The normalized spacial score (nSPS) is 18.8. The maximum atomic E-state index is 12.5. The highest BCUT2D eigenvalue weighted by molar-refractivity contribution is 7.85. The first kappa shape index (κ1) is 40.8. The van der Waals surface area contributed by atoms with Gasteiger partial charge >= 0.3 is 5.97 Å². The van der Waals surface area contributed by atoms with Crippen molar-refractivity contribution in [1.29, 1.82) is 0 Å². The lowest BCUT2D eigenvalue weighted by Gasteiger charge is -2.43. The Morgan fingerprint density at radius 1 is 0.966 bits per heavy atom. The molecule has 0 aromatic heterocycles. The molecule has 0 unspecified atom stereocenters. The molecule has 0 saturated carbocycles. The number of ether oxygens (including phenoxy) is 2. The number of benzene rings is 3. The number of allylic oxidation sites excluding steroid dienone is 4. The lowest BCUT2D eigenvalue weighted by molar-refractivity contribution is -0.438. The van der Waals surface area contributed by atoms with Crippen molar-refractivity contribution >= 4 is 61.9 Å². The molecule has 1 saturated heterocycles. The highest BCUT2D eigenvalue weighted by Gasteiger charge is 2.46. The Bertz CT molecular complexity index is 2410. The topological polar surface area (TPSA) is 143 Å². The molecule has 58 heavy (non-hydrogen) atoms. The smallest absolute Gasteiger partial charge is 0.333 e. The molecule has 0 bridgehead atoms. The van der Waals surface area contributed by atoms with Crippen molar-refractivity contribution in [2.45, 2.75) is 89.0 Å². The van der Waals surface area contributed by atoms with E-state index in [2.05, 4.69) is 54.5 Å². The fraction of sp³-hybridized carbons (Fsp3) is 0.378. The van der Waals surface area contributed by atoms with Crippen LogP contribution in [-0.4, -0.2) is 78.4 Å². The summed E-state index contributed by atoms with van der Waals surface area (Å²) in [5, 5.41) is 0.568. The van der Waals surface area contributed by atoms with E-state index in [0.717, 1.165) is 50.5 Å². The van der Waals surface area contributed by atoms with E-state index in [1.165, 1.54) is 6.07 Å². The zero-order valence-corrected chi connectivity index (χ0v) is 34.6. The van der Waals surface area contributed by atoms with Gasteiger partial charge < -0.3 is 19.2 Å². The second-order valence-corrected chi connectivity index (χ2v) is 17.7. The molecule has 12 nitrogen and oxygen atoms in total. The molecule has 0 spiro atoms. The summed E-state index contributed by atoms with van der Waals surface area (Å²) in [7, 11) is -2.77. The standard InChI is InChI=1S/C45H49N3O9S/c1-29-28-44(2,3)47(21-22-55-6)37-27-39-34(26-33(29)37)31(23-38(56-39)30-13-9-7-10-14-30)24-40-45(4,5)35-25-32(58(52,53)54)16-17-36(35)46(40)20-12-8-11-15-43(51)57-48-41(49)18-19-42(48)50/h7,9-10,13-14,16-17,23-28H,8,11-12,15,18-22H2,1-6H3/p+1. The number of rotatable bonds is 13. The highest BCUT2D eigenvalue weighted by Crippen LogP contribution is 2.48. The number of carbonyl (C=O) groups is 3. The Kier molecular flexibility index (Phi) is 11.1. The van der Waals surface area contributed by atoms with Crippen LogP contribution in [0.2, 0.25) is 0 Å². The lowest BCUT2D eigenvalue weighted by atomic mass is 9.80. The number of fused-ring (bicyclic) bond motifs is 3. The van der Waals surface area contributed by atoms with Gasteiger partial charge in [-0.1, -0.05) is 36.4 Å². The summed E-state index contributed by atoms with van der Waals surface area (Å²) in [4.78, 5) is 43.5. The van der Waals surface area contributed by atoms with Crippen molar-refractivity contribution in [3.8, 4) is 5.75 Å². The van der Waals surface area contributed by atoms with E-state index < -0.39 is 33.3 Å². The minimum Gasteiger partial charge on any atom is -0.456 e. The van der Waals surface area contributed by atoms with Crippen molar-refractivity contribution in [3.05, 3.63) is 101 Å². The number of hydroxylamine groups is 2. The van der Waals surface area contributed by atoms with Crippen molar-refractivity contribution < 1.29 is 46.2 Å². The predicted molar refractivity (Wildman–Crippen MR) is 221 cm³/mol. The molecular weight excluding hydrogens is 759 g/mol. The number of imide groups is 1. The second kappa shape index (κ2) is 15.8. The number of unbranched alkanes of at least 4 members (excludes halogenated alkanes) is 2. The van der Waals surface area contributed by atoms with Gasteiger partial charge in [0, 0.05) is 85.5 Å². The summed E-state index contributed by atoms with van der Waals surface area (Å²) < 4.78 is 49.2. The molecule has 4 aliphatic heterocycles. The predicted octanol–water partition coefficient (Wildman–Crippen LogP) is 7.64. The number of methoxy groups -OCH3 is 1. The van der Waals surface area contributed by atoms with Gasteiger partial charge in [-0.3, -0.25) is 14.1 Å². The summed E-state index contributed by atoms with van der Waals surface area (Å²) in [5.41, 5.74) is 7.53. The zero-order chi connectivity index (χ0) is 41.6. The average molecular weight is 809 g/mol. The molecule has 7 rings (SSSR count). The molecule has 13 heteroatoms. The zero-order valence-electron chi connectivity index (χ0n) is 33.8. The molecule has 4 aliphatic rings. The van der Waals surface area contributed by atoms with Gasteiger partial charge in [0.2, 0.25) is 5.69 Å². The third kappa shape index (κ3) is 7.90. The third-order valence-corrected chi connectivity index (χ3v) is 12.2. The Morgan fingerprint density at radius 2 is 1.69 bits per heavy atom. The van der Waals surface area contributed by atoms with Gasteiger partial charge in [-0.05, 0) is 82.9 Å². The minimum atomic E-state index is -4.47. The average Bonchev–Trinajstić information content (AvgIpc) is 3.59. The maximum absolute atomic E-state index is 12.5. The second-order valence-electron chi connectivity index (χ2n) is 16.2. The van der Waals surface area contributed by atoms with Crippen LogP contribution in [0.4, 0.5) is 11.4 Å². The van der Waals surface area contributed by atoms with Crippen LogP contribution in [0, 0.1) is 0 Å². The largest absolute Gasteiger partial charge is 0.456 e. The number of carbonyl (C=O) groups excluding carboxylic acids is 3. The third-order valence-electron chi connectivity index (χ3n) is 11.4. The Morgan fingerprint density at radius 3 is 2.38 bits per heavy atom. The van der Waals surface area contributed by atoms with E-state index in [4.69, 9.17) is 14.3 Å². The monoisotopic (exact) mass is 808 g/mol. The van der Waals surface area contributed by atoms with E-state index in [1.54, 1.807) is 19.2 Å². The van der Waals surface area contributed by atoms with Gasteiger partial charge in [-0.15, -0.1) is 5.06 Å². The van der Waals surface area contributed by atoms with E-state index in [9.17, 15) is 27.4 Å². The van der Waals surface area contributed by atoms with Gasteiger partial charge in [0.15, 0.2) is 5.71 Å². The van der Waals surface area contributed by atoms with Gasteiger partial charge in [-0.25, -0.2) is 4.79 Å². The first-order valence-electron chi connectivity index (χ1n) is 19.6. The summed E-state index contributed by atoms with van der Waals surface area (Å²) >= 11 is 0. The SMILES string of the molecule is COCCN1c2cc3c(cc2C(C)=CC1(C)C)/C(=C/C1=[N+](CCCCCC(=O)ON2C(=O)CCC2=O)c2ccc(S(=O)(=O)O)cc2C1(C)C)C=C(c1ccccc1)O3. The minimum absolute atomic E-state index is 0.0349. The van der Waals surface area contributed by atoms with Gasteiger partial charge in [-0.2, -0.15) is 13.0 Å². The van der Waals surface area contributed by atoms with Crippen LogP contribution in [0.3, 0.4) is 0 Å². The maximum Gasteiger partial charge on any atom is 0.333 e. The van der Waals surface area contributed by atoms with Gasteiger partial charge in [0.25, 0.3) is 21.9 Å². The molecule has 4 heterocycles. The molecule has 0 atom stereocenters. The summed E-state index contributed by atoms with van der Waals surface area (Å²) in [6.45, 7) is 12.4. The van der Waals surface area contributed by atoms with Crippen molar-refractivity contribution in [3.63, 3.8) is 0 Å². The molecule has 0 aliphatic carbocycles. The Hall–Kier alpha value is -5.37. The van der Waals surface area contributed by atoms with Crippen LogP contribution in [0.15, 0.2) is 83.8 Å². The van der Waals surface area contributed by atoms with Crippen molar-refractivity contribution in [2.75, 3.05) is 31.7 Å². The van der Waals surface area contributed by atoms with E-state index in [-0.39, 0.29) is 29.7 Å². The molecule has 0 radical (unpaired) electrons. The van der Waals surface area contributed by atoms with E-state index in [1.807, 2.05) is 50.3 Å². The van der Waals surface area contributed by atoms with Gasteiger partial charge in [0.05, 0.1) is 22.5 Å². The van der Waals surface area contributed by atoms with Crippen LogP contribution in [0.25, 0.3) is 16.9 Å². The highest BCUT2D eigenvalue weighted by atomic mass is 32.2. The lowest BCUT2D eigenvalue weighted by Crippen LogP contribution is -2.46. The Balaban J connectivity index is 1.29. The molecule has 3 aromatic rings. The molecule has 1 N–H and O–H groups in total. The van der Waals surface area contributed by atoms with Gasteiger partial charge in [0.1, 0.15) is 18.1 Å². The first-order chi connectivity index (χ1) is 27.5. The quantitative estimate of drug-likeness (QED) is 0.0793. The number of anilines is 1. The number of hydrogen-bond donors (Lipinski definition) is 1. The summed E-state index contributed by atoms with van der Waals surface area (Å²) in [6.07, 6.45) is 8.36. The van der Waals surface area contributed by atoms with Crippen LogP contribution in [-0.2, 0) is 39.5 Å². The van der Waals surface area contributed by atoms with Crippen molar-refractivity contribution in [2.24, 2.45) is 0 Å². The number of amides is 2. The van der Waals surface area contributed by atoms with Crippen LogP contribution >= 0.6 is 0 Å². The fourth-order valence-electron chi connectivity index (χ4n) is 8.42. The first-order valence-corrected chi connectivity index (χ1v) is 21.1.